The molecule has 0 fully saturated rings. The zero-order chi connectivity index (χ0) is 19.9. The predicted octanol–water partition coefficient (Wildman–Crippen LogP) is 4.11. The van der Waals surface area contributed by atoms with Gasteiger partial charge in [0.25, 0.3) is 5.91 Å². The first-order chi connectivity index (χ1) is 13.6. The molecule has 0 radical (unpaired) electrons. The number of amides is 1. The SMILES string of the molecule is COc1cccc(CSc2nnc(NC(=O)c3cc(OC)cc(OC)c3)s2)c1. The Morgan fingerprint density at radius 2 is 1.71 bits per heavy atom. The number of thioether (sulfide) groups is 1. The number of anilines is 1. The summed E-state index contributed by atoms with van der Waals surface area (Å²) in [7, 11) is 4.71. The average Bonchev–Trinajstić information content (AvgIpc) is 3.19. The number of benzene rings is 2. The van der Waals surface area contributed by atoms with Crippen molar-refractivity contribution in [2.45, 2.75) is 10.1 Å². The number of carbonyl (C=O) groups excluding carboxylic acids is 1. The van der Waals surface area contributed by atoms with Crippen LogP contribution in [0.1, 0.15) is 15.9 Å². The van der Waals surface area contributed by atoms with Crippen molar-refractivity contribution >= 4 is 34.1 Å². The van der Waals surface area contributed by atoms with Gasteiger partial charge in [-0.3, -0.25) is 10.1 Å². The lowest BCUT2D eigenvalue weighted by Crippen LogP contribution is -2.12. The molecule has 0 aliphatic rings. The summed E-state index contributed by atoms with van der Waals surface area (Å²) in [5.41, 5.74) is 1.53. The summed E-state index contributed by atoms with van der Waals surface area (Å²) in [5, 5.41) is 11.4. The molecule has 0 saturated carbocycles. The molecule has 0 unspecified atom stereocenters. The first kappa shape index (κ1) is 20.0. The first-order valence-corrected chi connectivity index (χ1v) is 10.0. The van der Waals surface area contributed by atoms with Gasteiger partial charge in [0.05, 0.1) is 21.3 Å². The van der Waals surface area contributed by atoms with Crippen LogP contribution in [0, 0.1) is 0 Å². The Balaban J connectivity index is 1.63. The van der Waals surface area contributed by atoms with Crippen LogP contribution in [0.2, 0.25) is 0 Å². The molecule has 3 rings (SSSR count). The molecule has 7 nitrogen and oxygen atoms in total. The summed E-state index contributed by atoms with van der Waals surface area (Å²) in [5.74, 6) is 2.31. The number of hydrogen-bond donors (Lipinski definition) is 1. The van der Waals surface area contributed by atoms with E-state index in [1.807, 2.05) is 24.3 Å². The Kier molecular flexibility index (Phi) is 6.72. The fourth-order valence-electron chi connectivity index (χ4n) is 2.33. The molecule has 28 heavy (non-hydrogen) atoms. The van der Waals surface area contributed by atoms with Gasteiger partial charge in [-0.05, 0) is 29.8 Å². The predicted molar refractivity (Wildman–Crippen MR) is 110 cm³/mol. The van der Waals surface area contributed by atoms with Gasteiger partial charge in [-0.15, -0.1) is 10.2 Å². The number of hydrogen-bond acceptors (Lipinski definition) is 8. The third kappa shape index (κ3) is 5.14. The molecule has 0 aliphatic carbocycles. The molecule has 2 aromatic carbocycles. The fraction of sp³-hybridized carbons (Fsp3) is 0.211. The molecule has 1 aromatic heterocycles. The van der Waals surface area contributed by atoms with E-state index in [-0.39, 0.29) is 5.91 Å². The van der Waals surface area contributed by atoms with E-state index in [0.717, 1.165) is 21.4 Å². The Morgan fingerprint density at radius 1 is 1.00 bits per heavy atom. The highest BCUT2D eigenvalue weighted by Crippen LogP contribution is 2.30. The number of methoxy groups -OCH3 is 3. The average molecular weight is 418 g/mol. The van der Waals surface area contributed by atoms with Crippen LogP contribution in [-0.4, -0.2) is 37.4 Å². The zero-order valence-electron chi connectivity index (χ0n) is 15.6. The summed E-state index contributed by atoms with van der Waals surface area (Å²) in [6.45, 7) is 0. The molecular weight excluding hydrogens is 398 g/mol. The van der Waals surface area contributed by atoms with Crippen molar-refractivity contribution in [2.75, 3.05) is 26.6 Å². The lowest BCUT2D eigenvalue weighted by molar-refractivity contribution is 0.102. The van der Waals surface area contributed by atoms with Crippen LogP contribution < -0.4 is 19.5 Å². The maximum Gasteiger partial charge on any atom is 0.257 e. The minimum absolute atomic E-state index is 0.308. The standard InChI is InChI=1S/C19H19N3O4S2/c1-24-14-6-4-5-12(7-14)11-27-19-22-21-18(28-19)20-17(23)13-8-15(25-2)10-16(9-13)26-3/h4-10H,11H2,1-3H3,(H,20,21,23). The van der Waals surface area contributed by atoms with Gasteiger partial charge in [0.1, 0.15) is 17.2 Å². The normalized spacial score (nSPS) is 10.4. The van der Waals surface area contributed by atoms with Crippen molar-refractivity contribution in [1.29, 1.82) is 0 Å². The number of nitrogens with one attached hydrogen (secondary N) is 1. The second-order valence-electron chi connectivity index (χ2n) is 5.57. The van der Waals surface area contributed by atoms with Gasteiger partial charge in [-0.1, -0.05) is 35.2 Å². The largest absolute Gasteiger partial charge is 0.497 e. The number of aromatic nitrogens is 2. The van der Waals surface area contributed by atoms with E-state index in [1.165, 1.54) is 25.6 Å². The molecule has 0 atom stereocenters. The van der Waals surface area contributed by atoms with Crippen LogP contribution in [0.25, 0.3) is 0 Å². The Hall–Kier alpha value is -2.78. The van der Waals surface area contributed by atoms with Gasteiger partial charge in [0.2, 0.25) is 5.13 Å². The highest BCUT2D eigenvalue weighted by molar-refractivity contribution is 8.00. The minimum atomic E-state index is -0.308. The monoisotopic (exact) mass is 417 g/mol. The Labute approximate surface area is 171 Å². The summed E-state index contributed by atoms with van der Waals surface area (Å²) in [4.78, 5) is 12.5. The molecule has 1 N–H and O–H groups in total. The topological polar surface area (TPSA) is 82.6 Å². The maximum atomic E-state index is 12.5. The highest BCUT2D eigenvalue weighted by atomic mass is 32.2. The number of carbonyl (C=O) groups is 1. The van der Waals surface area contributed by atoms with Crippen molar-refractivity contribution in [2.24, 2.45) is 0 Å². The van der Waals surface area contributed by atoms with E-state index in [9.17, 15) is 4.79 Å². The highest BCUT2D eigenvalue weighted by Gasteiger charge is 2.13. The van der Waals surface area contributed by atoms with Crippen LogP contribution in [0.5, 0.6) is 17.2 Å². The van der Waals surface area contributed by atoms with Crippen molar-refractivity contribution in [1.82, 2.24) is 10.2 Å². The smallest absolute Gasteiger partial charge is 0.257 e. The summed E-state index contributed by atoms with van der Waals surface area (Å²) in [6, 6.07) is 12.8. The summed E-state index contributed by atoms with van der Waals surface area (Å²) in [6.07, 6.45) is 0. The van der Waals surface area contributed by atoms with E-state index in [0.29, 0.717) is 22.2 Å². The van der Waals surface area contributed by atoms with Gasteiger partial charge >= 0.3 is 0 Å². The van der Waals surface area contributed by atoms with Gasteiger partial charge in [-0.2, -0.15) is 0 Å². The van der Waals surface area contributed by atoms with E-state index < -0.39 is 0 Å². The molecule has 9 heteroatoms. The third-order valence-corrected chi connectivity index (χ3v) is 5.78. The van der Waals surface area contributed by atoms with Crippen LogP contribution >= 0.6 is 23.1 Å². The second kappa shape index (κ2) is 9.43. The van der Waals surface area contributed by atoms with Crippen molar-refractivity contribution in [3.63, 3.8) is 0 Å². The molecule has 146 valence electrons. The minimum Gasteiger partial charge on any atom is -0.497 e. The van der Waals surface area contributed by atoms with Crippen LogP contribution in [-0.2, 0) is 5.75 Å². The molecule has 0 saturated heterocycles. The lowest BCUT2D eigenvalue weighted by atomic mass is 10.2. The number of nitrogens with zero attached hydrogens (tertiary/aromatic N) is 2. The van der Waals surface area contributed by atoms with E-state index in [4.69, 9.17) is 14.2 Å². The van der Waals surface area contributed by atoms with Crippen molar-refractivity contribution in [3.05, 3.63) is 53.6 Å². The fourth-order valence-corrected chi connectivity index (χ4v) is 4.02. The molecule has 0 bridgehead atoms. The second-order valence-corrected chi connectivity index (χ2v) is 7.77. The van der Waals surface area contributed by atoms with Gasteiger partial charge in [0, 0.05) is 17.4 Å². The number of ether oxygens (including phenoxy) is 3. The first-order valence-electron chi connectivity index (χ1n) is 8.25. The Morgan fingerprint density at radius 3 is 2.39 bits per heavy atom. The Bertz CT molecular complexity index is 940. The van der Waals surface area contributed by atoms with Crippen molar-refractivity contribution in [3.8, 4) is 17.2 Å². The number of rotatable bonds is 8. The van der Waals surface area contributed by atoms with Crippen LogP contribution in [0.3, 0.4) is 0 Å². The summed E-state index contributed by atoms with van der Waals surface area (Å²) >= 11 is 2.87. The molecule has 0 aliphatic heterocycles. The molecule has 1 heterocycles. The van der Waals surface area contributed by atoms with E-state index >= 15 is 0 Å². The molecule has 0 spiro atoms. The lowest BCUT2D eigenvalue weighted by Gasteiger charge is -2.07. The van der Waals surface area contributed by atoms with Gasteiger partial charge < -0.3 is 14.2 Å². The quantitative estimate of drug-likeness (QED) is 0.436. The van der Waals surface area contributed by atoms with E-state index in [1.54, 1.807) is 37.1 Å². The van der Waals surface area contributed by atoms with E-state index in [2.05, 4.69) is 15.5 Å². The third-order valence-electron chi connectivity index (χ3n) is 3.74. The van der Waals surface area contributed by atoms with Gasteiger partial charge in [-0.25, -0.2) is 0 Å². The zero-order valence-corrected chi connectivity index (χ0v) is 17.2. The molecule has 1 amide bonds. The van der Waals surface area contributed by atoms with Crippen molar-refractivity contribution < 1.29 is 19.0 Å². The summed E-state index contributed by atoms with van der Waals surface area (Å²) < 4.78 is 16.4. The molecule has 3 aromatic rings. The van der Waals surface area contributed by atoms with Gasteiger partial charge in [0.15, 0.2) is 4.34 Å². The molecular formula is C19H19N3O4S2. The van der Waals surface area contributed by atoms with Crippen LogP contribution in [0.15, 0.2) is 46.8 Å². The van der Waals surface area contributed by atoms with Crippen LogP contribution in [0.4, 0.5) is 5.13 Å². The maximum absolute atomic E-state index is 12.5.